The van der Waals surface area contributed by atoms with Gasteiger partial charge in [-0.3, -0.25) is 9.36 Å². The van der Waals surface area contributed by atoms with E-state index in [0.29, 0.717) is 47.9 Å². The molecule has 0 unspecified atom stereocenters. The molecule has 1 atom stereocenters. The van der Waals surface area contributed by atoms with Crippen molar-refractivity contribution in [2.45, 2.75) is 13.0 Å². The topological polar surface area (TPSA) is 83.0 Å². The van der Waals surface area contributed by atoms with Gasteiger partial charge in [0.25, 0.3) is 5.56 Å². The van der Waals surface area contributed by atoms with Gasteiger partial charge in [0.15, 0.2) is 4.80 Å². The van der Waals surface area contributed by atoms with Crippen LogP contribution in [0, 0.1) is 0 Å². The van der Waals surface area contributed by atoms with Crippen LogP contribution in [0.5, 0.6) is 5.75 Å². The third kappa shape index (κ3) is 5.23. The maximum absolute atomic E-state index is 13.8. The van der Waals surface area contributed by atoms with Crippen LogP contribution in [0.1, 0.15) is 24.3 Å². The van der Waals surface area contributed by atoms with E-state index >= 15 is 0 Å². The first kappa shape index (κ1) is 26.7. The zero-order valence-corrected chi connectivity index (χ0v) is 23.3. The van der Waals surface area contributed by atoms with Crippen molar-refractivity contribution in [3.05, 3.63) is 120 Å². The van der Waals surface area contributed by atoms with Crippen LogP contribution in [-0.2, 0) is 9.53 Å². The Hall–Kier alpha value is -3.85. The number of esters is 1. The minimum Gasteiger partial charge on any atom is -0.497 e. The van der Waals surface area contributed by atoms with E-state index in [9.17, 15) is 9.59 Å². The number of benzene rings is 2. The SMILES string of the molecule is C=CCOC(=O)C1=C(C)N=c2s/c(=C\c3ccc(-c4ccc(Cl)c(Cl)c4)o3)c(=O)n2[C@H]1c1ccc(OC)cc1. The van der Waals surface area contributed by atoms with Crippen LogP contribution in [0.25, 0.3) is 17.4 Å². The van der Waals surface area contributed by atoms with E-state index in [-0.39, 0.29) is 17.7 Å². The third-order valence-electron chi connectivity index (χ3n) is 6.11. The number of carbonyl (C=O) groups is 1. The Labute approximate surface area is 237 Å². The molecule has 1 aliphatic heterocycles. The van der Waals surface area contributed by atoms with Crippen LogP contribution in [-0.4, -0.2) is 24.3 Å². The van der Waals surface area contributed by atoms with Crippen molar-refractivity contribution < 1.29 is 18.7 Å². The lowest BCUT2D eigenvalue weighted by Crippen LogP contribution is -2.39. The summed E-state index contributed by atoms with van der Waals surface area (Å²) in [4.78, 5) is 31.9. The lowest BCUT2D eigenvalue weighted by molar-refractivity contribution is -0.138. The minimum absolute atomic E-state index is 0.0367. The second kappa shape index (κ2) is 11.1. The Morgan fingerprint density at radius 1 is 1.15 bits per heavy atom. The van der Waals surface area contributed by atoms with E-state index in [0.717, 1.165) is 5.56 Å². The summed E-state index contributed by atoms with van der Waals surface area (Å²) in [6.07, 6.45) is 3.14. The van der Waals surface area contributed by atoms with E-state index in [1.54, 1.807) is 62.6 Å². The Bertz CT molecular complexity index is 1800. The van der Waals surface area contributed by atoms with Crippen LogP contribution in [0.15, 0.2) is 92.7 Å². The number of furan rings is 1. The van der Waals surface area contributed by atoms with Crippen LogP contribution < -0.4 is 19.6 Å². The van der Waals surface area contributed by atoms with Gasteiger partial charge in [0.2, 0.25) is 0 Å². The molecule has 2 aromatic carbocycles. The fourth-order valence-corrected chi connectivity index (χ4v) is 5.59. The summed E-state index contributed by atoms with van der Waals surface area (Å²) in [5, 5.41) is 0.861. The molecule has 7 nitrogen and oxygen atoms in total. The van der Waals surface area contributed by atoms with E-state index in [1.165, 1.54) is 22.0 Å². The van der Waals surface area contributed by atoms with Crippen LogP contribution >= 0.6 is 34.5 Å². The summed E-state index contributed by atoms with van der Waals surface area (Å²) in [5.74, 6) is 1.14. The van der Waals surface area contributed by atoms with Crippen LogP contribution in [0.2, 0.25) is 10.0 Å². The quantitative estimate of drug-likeness (QED) is 0.212. The van der Waals surface area contributed by atoms with Gasteiger partial charge in [-0.05, 0) is 55.0 Å². The average Bonchev–Trinajstić information content (AvgIpc) is 3.52. The molecule has 0 spiro atoms. The number of hydrogen-bond donors (Lipinski definition) is 0. The van der Waals surface area contributed by atoms with Gasteiger partial charge < -0.3 is 13.9 Å². The molecule has 0 bridgehead atoms. The van der Waals surface area contributed by atoms with Crippen molar-refractivity contribution in [1.82, 2.24) is 4.57 Å². The van der Waals surface area contributed by atoms with E-state index in [2.05, 4.69) is 11.6 Å². The van der Waals surface area contributed by atoms with Gasteiger partial charge in [-0.1, -0.05) is 59.3 Å². The Balaban J connectivity index is 1.61. The number of ether oxygens (including phenoxy) is 2. The summed E-state index contributed by atoms with van der Waals surface area (Å²) in [6, 6.07) is 15.2. The number of carbonyl (C=O) groups excluding carboxylic acids is 1. The second-order valence-corrected chi connectivity index (χ2v) is 10.4. The molecule has 4 aromatic rings. The van der Waals surface area contributed by atoms with Gasteiger partial charge in [0.1, 0.15) is 23.9 Å². The molecule has 0 saturated carbocycles. The summed E-state index contributed by atoms with van der Waals surface area (Å²) in [6.45, 7) is 5.37. The molecule has 0 fully saturated rings. The Morgan fingerprint density at radius 3 is 2.62 bits per heavy atom. The normalized spacial score (nSPS) is 15.1. The Morgan fingerprint density at radius 2 is 1.92 bits per heavy atom. The molecule has 0 aliphatic carbocycles. The predicted octanol–water partition coefficient (Wildman–Crippen LogP) is 5.54. The lowest BCUT2D eigenvalue weighted by atomic mass is 9.96. The van der Waals surface area contributed by atoms with Gasteiger partial charge in [-0.15, -0.1) is 0 Å². The van der Waals surface area contributed by atoms with Gasteiger partial charge in [-0.25, -0.2) is 9.79 Å². The number of methoxy groups -OCH3 is 1. The maximum Gasteiger partial charge on any atom is 0.338 e. The maximum atomic E-state index is 13.8. The average molecular weight is 581 g/mol. The second-order valence-electron chi connectivity index (χ2n) is 8.57. The minimum atomic E-state index is -0.741. The molecule has 0 amide bonds. The fraction of sp³-hybridized carbons (Fsp3) is 0.138. The molecule has 0 N–H and O–H groups in total. The van der Waals surface area contributed by atoms with Crippen molar-refractivity contribution in [3.8, 4) is 17.1 Å². The smallest absolute Gasteiger partial charge is 0.338 e. The first-order chi connectivity index (χ1) is 18.8. The van der Waals surface area contributed by atoms with Gasteiger partial charge in [-0.2, -0.15) is 0 Å². The Kier molecular flexibility index (Phi) is 7.61. The number of nitrogens with zero attached hydrogens (tertiary/aromatic N) is 2. The number of aromatic nitrogens is 1. The number of hydrogen-bond acceptors (Lipinski definition) is 7. The van der Waals surface area contributed by atoms with Gasteiger partial charge >= 0.3 is 5.97 Å². The molecule has 0 saturated heterocycles. The van der Waals surface area contributed by atoms with Crippen LogP contribution in [0.3, 0.4) is 0 Å². The molecule has 0 radical (unpaired) electrons. The molecule has 10 heteroatoms. The van der Waals surface area contributed by atoms with Crippen molar-refractivity contribution >= 4 is 46.6 Å². The van der Waals surface area contributed by atoms with Crippen molar-refractivity contribution in [2.24, 2.45) is 4.99 Å². The monoisotopic (exact) mass is 580 g/mol. The number of halogens is 2. The van der Waals surface area contributed by atoms with E-state index < -0.39 is 12.0 Å². The molecular formula is C29H22Cl2N2O5S. The molecule has 2 aromatic heterocycles. The molecule has 1 aliphatic rings. The first-order valence-electron chi connectivity index (χ1n) is 11.8. The number of fused-ring (bicyclic) bond motifs is 1. The zero-order valence-electron chi connectivity index (χ0n) is 20.9. The summed E-state index contributed by atoms with van der Waals surface area (Å²) in [7, 11) is 1.57. The van der Waals surface area contributed by atoms with Gasteiger partial charge in [0.05, 0.1) is 39.0 Å². The highest BCUT2D eigenvalue weighted by molar-refractivity contribution is 7.07. The van der Waals surface area contributed by atoms with Gasteiger partial charge in [0, 0.05) is 11.6 Å². The molecule has 5 rings (SSSR count). The van der Waals surface area contributed by atoms with Crippen molar-refractivity contribution in [3.63, 3.8) is 0 Å². The standard InChI is InChI=1S/C29H22Cl2N2O5S/c1-4-13-37-28(35)25-16(2)32-29-33(26(25)17-5-8-19(36-3)9-6-17)27(34)24(39-29)15-20-10-12-23(38-20)18-7-11-21(30)22(31)14-18/h4-12,14-15,26H,1,13H2,2-3H3/b24-15-/t26-/m0/s1. The molecule has 3 heterocycles. The third-order valence-corrected chi connectivity index (χ3v) is 7.83. The predicted molar refractivity (Wildman–Crippen MR) is 152 cm³/mol. The number of thiazole rings is 1. The first-order valence-corrected chi connectivity index (χ1v) is 13.4. The van der Waals surface area contributed by atoms with Crippen molar-refractivity contribution in [1.29, 1.82) is 0 Å². The number of rotatable bonds is 7. The summed E-state index contributed by atoms with van der Waals surface area (Å²) >= 11 is 13.4. The fourth-order valence-electron chi connectivity index (χ4n) is 4.26. The highest BCUT2D eigenvalue weighted by Crippen LogP contribution is 2.32. The van der Waals surface area contributed by atoms with E-state index in [1.807, 2.05) is 12.1 Å². The zero-order chi connectivity index (χ0) is 27.7. The highest BCUT2D eigenvalue weighted by Gasteiger charge is 2.33. The largest absolute Gasteiger partial charge is 0.497 e. The lowest BCUT2D eigenvalue weighted by Gasteiger charge is -2.24. The van der Waals surface area contributed by atoms with Crippen LogP contribution in [0.4, 0.5) is 0 Å². The summed E-state index contributed by atoms with van der Waals surface area (Å²) in [5.41, 5.74) is 1.90. The number of allylic oxidation sites excluding steroid dienone is 1. The molecule has 39 heavy (non-hydrogen) atoms. The molecule has 198 valence electrons. The summed E-state index contributed by atoms with van der Waals surface area (Å²) < 4.78 is 18.5. The molecular weight excluding hydrogens is 559 g/mol. The van der Waals surface area contributed by atoms with Crippen molar-refractivity contribution in [2.75, 3.05) is 13.7 Å². The van der Waals surface area contributed by atoms with E-state index in [4.69, 9.17) is 37.1 Å². The highest BCUT2D eigenvalue weighted by atomic mass is 35.5.